The van der Waals surface area contributed by atoms with Crippen LogP contribution in [0.15, 0.2) is 0 Å². The van der Waals surface area contributed by atoms with Gasteiger partial charge in [-0.3, -0.25) is 0 Å². The molecule has 3 unspecified atom stereocenters. The zero-order valence-electron chi connectivity index (χ0n) is 4.23. The molecule has 0 bridgehead atoms. The van der Waals surface area contributed by atoms with Gasteiger partial charge < -0.3 is 9.63 Å². The molecule has 1 saturated heterocycles. The number of ether oxygens (including phenoxy) is 1. The molecule has 1 heterocycles. The normalized spacial score (nSPS) is 37.0. The van der Waals surface area contributed by atoms with Gasteiger partial charge in [0.2, 0.25) is 6.29 Å². The molecule has 5 heteroatoms. The molecule has 0 aromatic carbocycles. The second-order valence-electron chi connectivity index (χ2n) is 1.54. The molecule has 0 aromatic rings. The fraction of sp³-hybridized carbons (Fsp3) is 1.00. The van der Waals surface area contributed by atoms with Crippen molar-refractivity contribution in [2.45, 2.75) is 19.3 Å². The summed E-state index contributed by atoms with van der Waals surface area (Å²) in [4.78, 5) is 9.73. The highest BCUT2D eigenvalue weighted by Crippen LogP contribution is 2.29. The topological polar surface area (TPSA) is 61.9 Å². The van der Waals surface area contributed by atoms with E-state index in [2.05, 4.69) is 9.26 Å². The molecule has 0 saturated carbocycles. The van der Waals surface area contributed by atoms with Crippen molar-refractivity contribution in [3.8, 4) is 0 Å². The van der Waals surface area contributed by atoms with Gasteiger partial charge in [0.15, 0.2) is 0 Å². The highest BCUT2D eigenvalue weighted by Gasteiger charge is 2.40. The molecule has 0 radical (unpaired) electrons. The van der Waals surface area contributed by atoms with Crippen LogP contribution in [0.5, 0.6) is 0 Å². The lowest BCUT2D eigenvalue weighted by Gasteiger charge is -1.79. The fourth-order valence-corrected chi connectivity index (χ4v) is 0.752. The minimum Gasteiger partial charge on any atom is -0.566 e. The van der Waals surface area contributed by atoms with Gasteiger partial charge in [-0.2, -0.15) is 0 Å². The first-order valence-corrected chi connectivity index (χ1v) is 3.26. The second-order valence-corrected chi connectivity index (χ2v) is 2.20. The van der Waals surface area contributed by atoms with Gasteiger partial charge in [0.05, 0.1) is 0 Å². The van der Waals surface area contributed by atoms with E-state index in [0.717, 1.165) is 0 Å². The van der Waals surface area contributed by atoms with E-state index < -0.39 is 14.5 Å². The SMILES string of the molecule is CC1OC1O[P+](=O)[O-]. The minimum absolute atomic E-state index is 0.0529. The van der Waals surface area contributed by atoms with Crippen LogP contribution in [0.2, 0.25) is 0 Å². The predicted octanol–water partition coefficient (Wildman–Crippen LogP) is -0.235. The summed E-state index contributed by atoms with van der Waals surface area (Å²) >= 11 is 0. The molecule has 1 rings (SSSR count). The monoisotopic (exact) mass is 136 g/mol. The van der Waals surface area contributed by atoms with Crippen molar-refractivity contribution in [2.24, 2.45) is 0 Å². The van der Waals surface area contributed by atoms with Gasteiger partial charge in [-0.05, 0) is 11.5 Å². The Morgan fingerprint density at radius 1 is 1.88 bits per heavy atom. The van der Waals surface area contributed by atoms with Crippen molar-refractivity contribution in [3.05, 3.63) is 0 Å². The van der Waals surface area contributed by atoms with Crippen molar-refractivity contribution >= 4 is 8.25 Å². The second kappa shape index (κ2) is 2.07. The van der Waals surface area contributed by atoms with E-state index in [1.165, 1.54) is 0 Å². The van der Waals surface area contributed by atoms with Crippen LogP contribution in [0.25, 0.3) is 0 Å². The maximum atomic E-state index is 9.73. The molecule has 1 fully saturated rings. The average Bonchev–Trinajstić information content (AvgIpc) is 2.17. The quantitative estimate of drug-likeness (QED) is 0.388. The summed E-state index contributed by atoms with van der Waals surface area (Å²) < 4.78 is 18.6. The molecular weight excluding hydrogens is 131 g/mol. The summed E-state index contributed by atoms with van der Waals surface area (Å²) in [6.45, 7) is 1.74. The van der Waals surface area contributed by atoms with Crippen molar-refractivity contribution in [1.82, 2.24) is 0 Å². The van der Waals surface area contributed by atoms with Crippen molar-refractivity contribution in [2.75, 3.05) is 0 Å². The molecule has 0 spiro atoms. The molecule has 0 aliphatic carbocycles. The lowest BCUT2D eigenvalue weighted by Crippen LogP contribution is -1.96. The summed E-state index contributed by atoms with van der Waals surface area (Å²) in [7, 11) is -2.73. The zero-order valence-corrected chi connectivity index (χ0v) is 5.13. The molecule has 0 aromatic heterocycles. The number of hydrogen-bond donors (Lipinski definition) is 0. The Hall–Kier alpha value is -0.0200. The van der Waals surface area contributed by atoms with Crippen molar-refractivity contribution < 1.29 is 18.7 Å². The highest BCUT2D eigenvalue weighted by atomic mass is 31.1. The molecule has 46 valence electrons. The molecule has 1 aliphatic rings. The van der Waals surface area contributed by atoms with Crippen LogP contribution in [0, 0.1) is 0 Å². The summed E-state index contributed by atoms with van der Waals surface area (Å²) in [6, 6.07) is 0. The summed E-state index contributed by atoms with van der Waals surface area (Å²) in [5, 5.41) is 0. The molecule has 1 aliphatic heterocycles. The molecule has 3 atom stereocenters. The van der Waals surface area contributed by atoms with E-state index in [4.69, 9.17) is 0 Å². The van der Waals surface area contributed by atoms with Crippen LogP contribution in [-0.4, -0.2) is 12.4 Å². The maximum Gasteiger partial charge on any atom is 0.491 e. The standard InChI is InChI=1S/C3H5O4P/c1-2-3(6-2)7-8(4)5/h2-3H,1H3. The summed E-state index contributed by atoms with van der Waals surface area (Å²) in [6.07, 6.45) is -0.556. The van der Waals surface area contributed by atoms with Crippen molar-refractivity contribution in [3.63, 3.8) is 0 Å². The third-order valence-electron chi connectivity index (χ3n) is 0.845. The predicted molar refractivity (Wildman–Crippen MR) is 23.0 cm³/mol. The Kier molecular flexibility index (Phi) is 1.58. The van der Waals surface area contributed by atoms with Gasteiger partial charge >= 0.3 is 8.25 Å². The number of rotatable bonds is 2. The van der Waals surface area contributed by atoms with E-state index in [1.807, 2.05) is 0 Å². The van der Waals surface area contributed by atoms with E-state index in [0.29, 0.717) is 0 Å². The Labute approximate surface area is 47.4 Å². The Morgan fingerprint density at radius 3 is 2.50 bits per heavy atom. The summed E-state index contributed by atoms with van der Waals surface area (Å²) in [5.74, 6) is 0. The van der Waals surface area contributed by atoms with Gasteiger partial charge in [0.25, 0.3) is 0 Å². The van der Waals surface area contributed by atoms with Crippen LogP contribution in [0.4, 0.5) is 0 Å². The van der Waals surface area contributed by atoms with Gasteiger partial charge in [-0.25, -0.2) is 0 Å². The largest absolute Gasteiger partial charge is 0.566 e. The first-order valence-electron chi connectivity index (χ1n) is 2.17. The third kappa shape index (κ3) is 1.49. The molecule has 4 nitrogen and oxygen atoms in total. The lowest BCUT2D eigenvalue weighted by atomic mass is 10.5. The fourth-order valence-electron chi connectivity index (χ4n) is 0.362. The van der Waals surface area contributed by atoms with Crippen LogP contribution in [0.3, 0.4) is 0 Å². The van der Waals surface area contributed by atoms with Gasteiger partial charge in [0.1, 0.15) is 6.10 Å². The smallest absolute Gasteiger partial charge is 0.491 e. The van der Waals surface area contributed by atoms with E-state index >= 15 is 0 Å². The minimum atomic E-state index is -2.73. The lowest BCUT2D eigenvalue weighted by molar-refractivity contribution is -0.188. The Morgan fingerprint density at radius 2 is 2.38 bits per heavy atom. The maximum absolute atomic E-state index is 9.73. The van der Waals surface area contributed by atoms with Gasteiger partial charge in [-0.1, -0.05) is 0 Å². The average molecular weight is 136 g/mol. The van der Waals surface area contributed by atoms with E-state index in [9.17, 15) is 9.46 Å². The molecule has 0 amide bonds. The zero-order chi connectivity index (χ0) is 6.15. The van der Waals surface area contributed by atoms with Crippen LogP contribution >= 0.6 is 8.25 Å². The number of epoxide rings is 1. The van der Waals surface area contributed by atoms with Crippen LogP contribution < -0.4 is 4.89 Å². The van der Waals surface area contributed by atoms with Crippen molar-refractivity contribution in [1.29, 1.82) is 0 Å². The first kappa shape index (κ1) is 6.11. The highest BCUT2D eigenvalue weighted by molar-refractivity contribution is 7.30. The van der Waals surface area contributed by atoms with E-state index in [1.54, 1.807) is 6.92 Å². The Balaban J connectivity index is 2.14. The first-order chi connectivity index (χ1) is 3.70. The van der Waals surface area contributed by atoms with Gasteiger partial charge in [0, 0.05) is 0 Å². The molecule has 0 N–H and O–H groups in total. The number of hydrogen-bond acceptors (Lipinski definition) is 4. The molecular formula is C3H5O4P. The van der Waals surface area contributed by atoms with E-state index in [-0.39, 0.29) is 6.10 Å². The molecule has 8 heavy (non-hydrogen) atoms. The summed E-state index contributed by atoms with van der Waals surface area (Å²) in [5.41, 5.74) is 0. The van der Waals surface area contributed by atoms with Crippen LogP contribution in [-0.2, 0) is 13.8 Å². The van der Waals surface area contributed by atoms with Gasteiger partial charge in [-0.15, -0.1) is 4.52 Å². The third-order valence-corrected chi connectivity index (χ3v) is 1.23. The van der Waals surface area contributed by atoms with Crippen LogP contribution in [0.1, 0.15) is 6.92 Å². The Bertz CT molecular complexity index is 114.